The van der Waals surface area contributed by atoms with Gasteiger partial charge in [0, 0.05) is 174 Å². The van der Waals surface area contributed by atoms with Crippen molar-refractivity contribution in [3.63, 3.8) is 0 Å². The Labute approximate surface area is 768 Å². The third kappa shape index (κ3) is 21.7. The minimum atomic E-state index is 0.102. The number of methoxy groups -OCH3 is 4. The molecule has 0 atom stereocenters. The fraction of sp³-hybridized carbons (Fsp3) is 0.442. The number of nitrogens with zero attached hydrogens (tertiary/aromatic N) is 16. The van der Waals surface area contributed by atoms with Crippen molar-refractivity contribution in [1.82, 2.24) is 39.9 Å². The van der Waals surface area contributed by atoms with E-state index >= 15 is 0 Å². The molecule has 25 nitrogen and oxygen atoms in total. The molecule has 680 valence electrons. The number of anilines is 8. The van der Waals surface area contributed by atoms with E-state index in [4.69, 9.17) is 65.0 Å². The number of likely N-dealkylation sites (N-methyl/N-ethyl adjacent to an activating group) is 4. The van der Waals surface area contributed by atoms with Gasteiger partial charge in [0.25, 0.3) is 0 Å². The molecule has 4 aliphatic heterocycles. The van der Waals surface area contributed by atoms with Crippen LogP contribution in [-0.2, 0) is 0 Å². The maximum absolute atomic E-state index is 9.37. The largest absolute Gasteiger partial charge is 0.496 e. The third-order valence-corrected chi connectivity index (χ3v) is 27.7. The number of aliphatic hydroxyl groups excluding tert-OH is 4. The normalized spacial score (nSPS) is 16.3. The molecule has 0 unspecified atom stereocenters. The van der Waals surface area contributed by atoms with Gasteiger partial charge >= 0.3 is 6.01 Å². The van der Waals surface area contributed by atoms with Gasteiger partial charge in [0.1, 0.15) is 58.2 Å². The molecule has 0 amide bonds. The fourth-order valence-electron chi connectivity index (χ4n) is 18.5. The molecule has 0 bridgehead atoms. The molecule has 130 heavy (non-hydrogen) atoms. The Kier molecular flexibility index (Phi) is 30.3. The summed E-state index contributed by atoms with van der Waals surface area (Å²) in [6.45, 7) is 10.2. The second kappa shape index (κ2) is 43.1. The zero-order valence-corrected chi connectivity index (χ0v) is 77.3. The molecule has 0 radical (unpaired) electrons. The summed E-state index contributed by atoms with van der Waals surface area (Å²) in [7, 11) is 14.9. The number of ether oxygens (including phenoxy) is 5. The van der Waals surface area contributed by atoms with Crippen LogP contribution < -0.4 is 62.9 Å². The standard InChI is InChI=1S/C28H32N4O2.C27H34N4O3.C25H28N4O2.C24H30N4O2S/c1-31(17-18-33)22-10-11-25-24(19-22)28(30-27(29-25)12-9-20-7-8-20)32-15-13-21(14-16-32)23-5-3-4-6-26(23)34-2;1-30(16-17-32)20-10-11-24-23(18-20)26(29-27(28-24)34-21-6-5-7-21)31-14-12-19(13-15-31)22-8-3-4-9-25(22)33-2;1-4-24-26-22-10-9-19(28(2)15-16-30)17-21(22)25(27-24)29-13-11-18(12-14-29)20-7-5-6-8-23(20)31-3;1-27(12-13-29)18-5-6-20-19(15-18)24(26-23(25-20)17-3-4-17)28-10-7-16(8-11-28)22-21(30-2)9-14-31-22/h3-6,10-11,19-21,33H,7-8,13-18H2,1-2H3;3-4,8-11,18-19,21,32H,5-7,12-17H2,1-2H3;1,5-10,17-18,30H,11-16H2,2-3H3;5-6,9,14-17,29H,3-4,7-8,10-13H2,1-2H3. The Morgan fingerprint density at radius 1 is 0.377 bits per heavy atom. The maximum Gasteiger partial charge on any atom is 0.319 e. The number of benzene rings is 7. The summed E-state index contributed by atoms with van der Waals surface area (Å²) in [5.41, 5.74) is 11.7. The Morgan fingerprint density at radius 3 is 1.11 bits per heavy atom. The number of rotatable bonds is 27. The molecule has 0 spiro atoms. The van der Waals surface area contributed by atoms with Crippen LogP contribution >= 0.6 is 11.3 Å². The van der Waals surface area contributed by atoms with Crippen molar-refractivity contribution in [1.29, 1.82) is 0 Å². The van der Waals surface area contributed by atoms with E-state index in [1.165, 1.54) is 53.7 Å². The summed E-state index contributed by atoms with van der Waals surface area (Å²) >= 11 is 1.81. The SMILES string of the molecule is C#Cc1nc(N2CCC(c3ccccc3OC)CC2)c2cc(N(C)CCO)ccc2n1.COc1ccccc1C1CCN(c2nc(C#CC3CC3)nc3ccc(N(C)CCO)cc23)CC1.COc1ccccc1C1CCN(c2nc(OC3CCC3)nc3ccc(N(C)CCO)cc23)CC1.COc1ccsc1C1CCN(c2nc(C3CC3)nc3ccc(N(C)CCO)cc23)CC1. The van der Waals surface area contributed by atoms with Gasteiger partial charge in [-0.1, -0.05) is 60.5 Å². The van der Waals surface area contributed by atoms with Crippen molar-refractivity contribution in [3.8, 4) is 53.2 Å². The molecule has 3 saturated carbocycles. The number of hydrogen-bond acceptors (Lipinski definition) is 26. The van der Waals surface area contributed by atoms with Crippen molar-refractivity contribution in [2.24, 2.45) is 5.92 Å². The lowest BCUT2D eigenvalue weighted by Crippen LogP contribution is -2.34. The lowest BCUT2D eigenvalue weighted by atomic mass is 9.88. The Bertz CT molecular complexity index is 5940. The van der Waals surface area contributed by atoms with Gasteiger partial charge in [0.2, 0.25) is 11.6 Å². The first-order valence-corrected chi connectivity index (χ1v) is 47.2. The minimum absolute atomic E-state index is 0.102. The van der Waals surface area contributed by atoms with Gasteiger partial charge in [-0.25, -0.2) is 29.9 Å². The number of fused-ring (bicyclic) bond motifs is 4. The highest BCUT2D eigenvalue weighted by Crippen LogP contribution is 2.46. The van der Waals surface area contributed by atoms with Crippen molar-refractivity contribution in [2.75, 3.05) is 201 Å². The van der Waals surface area contributed by atoms with Gasteiger partial charge in [-0.3, -0.25) is 0 Å². The number of thiophene rings is 1. The summed E-state index contributed by atoms with van der Waals surface area (Å²) in [5, 5.41) is 43.7. The maximum atomic E-state index is 9.37. The first-order valence-electron chi connectivity index (χ1n) is 46.3. The molecule has 3 aliphatic carbocycles. The van der Waals surface area contributed by atoms with Crippen molar-refractivity contribution in [2.45, 2.75) is 132 Å². The van der Waals surface area contributed by atoms with Gasteiger partial charge in [-0.15, -0.1) is 17.8 Å². The monoisotopic (exact) mass is 1770 g/mol. The summed E-state index contributed by atoms with van der Waals surface area (Å²) in [6, 6.07) is 52.5. The van der Waals surface area contributed by atoms with Crippen molar-refractivity contribution in [3.05, 3.63) is 196 Å². The van der Waals surface area contributed by atoms with Crippen LogP contribution in [0.3, 0.4) is 0 Å². The number of aliphatic hydroxyl groups is 4. The van der Waals surface area contributed by atoms with Crippen LogP contribution in [0.2, 0.25) is 0 Å². The average molecular weight is 1770 g/mol. The second-order valence-corrected chi connectivity index (χ2v) is 36.1. The van der Waals surface area contributed by atoms with Gasteiger partial charge in [-0.05, 0) is 245 Å². The minimum Gasteiger partial charge on any atom is -0.496 e. The van der Waals surface area contributed by atoms with E-state index in [9.17, 15) is 20.4 Å². The topological polar surface area (TPSA) is 256 Å². The summed E-state index contributed by atoms with van der Waals surface area (Å²) in [4.78, 5) is 57.7. The van der Waals surface area contributed by atoms with Crippen LogP contribution in [0.15, 0.2) is 157 Å². The van der Waals surface area contributed by atoms with Crippen LogP contribution in [0, 0.1) is 30.1 Å². The van der Waals surface area contributed by atoms with E-state index in [-0.39, 0.29) is 32.5 Å². The van der Waals surface area contributed by atoms with E-state index in [1.54, 1.807) is 28.4 Å². The molecule has 26 heteroatoms. The number of terminal acetylenes is 1. The first kappa shape index (κ1) is 91.3. The molecular formula is C104H124N16O9S. The predicted octanol–water partition coefficient (Wildman–Crippen LogP) is 16.4. The second-order valence-electron chi connectivity index (χ2n) is 35.1. The molecule has 9 heterocycles. The van der Waals surface area contributed by atoms with Crippen LogP contribution in [0.5, 0.6) is 29.0 Å². The number of aromatic nitrogens is 8. The van der Waals surface area contributed by atoms with Gasteiger partial charge < -0.3 is 83.3 Å². The zero-order chi connectivity index (χ0) is 90.2. The predicted molar refractivity (Wildman–Crippen MR) is 524 cm³/mol. The lowest BCUT2D eigenvalue weighted by Gasteiger charge is -2.34. The van der Waals surface area contributed by atoms with Crippen LogP contribution in [0.1, 0.15) is 165 Å². The third-order valence-electron chi connectivity index (χ3n) is 26.7. The number of piperidine rings is 4. The molecular weight excluding hydrogens is 1650 g/mol. The summed E-state index contributed by atoms with van der Waals surface area (Å²) in [5.74, 6) is 21.9. The highest BCUT2D eigenvalue weighted by molar-refractivity contribution is 7.10. The van der Waals surface area contributed by atoms with Crippen molar-refractivity contribution < 1.29 is 44.1 Å². The number of hydrogen-bond donors (Lipinski definition) is 4. The lowest BCUT2D eigenvalue weighted by molar-refractivity contribution is 0.109. The van der Waals surface area contributed by atoms with E-state index in [2.05, 4.69) is 159 Å². The molecule has 4 saturated heterocycles. The average Bonchev–Trinajstić information content (AvgIpc) is 1.73. The molecule has 7 aliphatic rings. The van der Waals surface area contributed by atoms with E-state index < -0.39 is 0 Å². The Balaban J connectivity index is 0.000000127. The molecule has 7 fully saturated rings. The molecule has 19 rings (SSSR count). The smallest absolute Gasteiger partial charge is 0.319 e. The number of para-hydroxylation sites is 3. The molecule has 7 aromatic carbocycles. The first-order chi connectivity index (χ1) is 63.6. The van der Waals surface area contributed by atoms with E-state index in [0.717, 1.165) is 235 Å². The summed E-state index contributed by atoms with van der Waals surface area (Å²) < 4.78 is 28.5. The van der Waals surface area contributed by atoms with Crippen LogP contribution in [0.25, 0.3) is 43.6 Å². The fourth-order valence-corrected chi connectivity index (χ4v) is 19.5. The van der Waals surface area contributed by atoms with Crippen LogP contribution in [0.4, 0.5) is 46.0 Å². The molecule has 4 N–H and O–H groups in total. The molecule has 5 aromatic heterocycles. The van der Waals surface area contributed by atoms with Gasteiger partial charge in [0.05, 0.1) is 76.9 Å². The molecule has 12 aromatic rings. The van der Waals surface area contributed by atoms with Crippen molar-refractivity contribution >= 4 is 101 Å². The van der Waals surface area contributed by atoms with Gasteiger partial charge in [0.15, 0.2) is 0 Å². The Morgan fingerprint density at radius 2 is 0.738 bits per heavy atom. The van der Waals surface area contributed by atoms with E-state index in [0.29, 0.717) is 79.3 Å². The highest BCUT2D eigenvalue weighted by Gasteiger charge is 2.34. The Hall–Kier alpha value is -12.0. The highest BCUT2D eigenvalue weighted by atomic mass is 32.1. The zero-order valence-electron chi connectivity index (χ0n) is 76.4. The van der Waals surface area contributed by atoms with E-state index in [1.807, 2.05) is 99.0 Å². The van der Waals surface area contributed by atoms with Gasteiger partial charge in [-0.2, -0.15) is 9.97 Å². The summed E-state index contributed by atoms with van der Waals surface area (Å²) in [6.07, 6.45) is 22.4. The van der Waals surface area contributed by atoms with Crippen LogP contribution in [-0.4, -0.2) is 228 Å². The quantitative estimate of drug-likeness (QED) is 0.0349.